The molecule has 0 saturated carbocycles. The number of ether oxygens (including phenoxy) is 1. The first kappa shape index (κ1) is 20.9. The van der Waals surface area contributed by atoms with E-state index < -0.39 is 30.1 Å². The molecule has 1 fully saturated rings. The molecule has 3 N–H and O–H groups in total. The van der Waals surface area contributed by atoms with Crippen LogP contribution in [-0.4, -0.2) is 64.9 Å². The lowest BCUT2D eigenvalue weighted by Crippen LogP contribution is -2.42. The van der Waals surface area contributed by atoms with Gasteiger partial charge in [0.15, 0.2) is 0 Å². The fraction of sp³-hybridized carbons (Fsp3) is 0.348. The number of rotatable bonds is 6. The number of carbonyl (C=O) groups excluding carboxylic acids is 2. The molecule has 1 aliphatic heterocycles. The number of carboxylic acid groups (broad SMARTS) is 1. The number of hydrogen-bond donors (Lipinski definition) is 3. The number of nitrogens with one attached hydrogen (secondary N) is 1. The molecule has 2 aliphatic rings. The maximum absolute atomic E-state index is 12.3. The number of nitrogens with zero attached hydrogens (tertiary/aromatic N) is 1. The second-order valence-electron chi connectivity index (χ2n) is 7.79. The van der Waals surface area contributed by atoms with Crippen LogP contribution in [0.4, 0.5) is 4.79 Å². The summed E-state index contributed by atoms with van der Waals surface area (Å²) in [6, 6.07) is 15.0. The number of aliphatic carboxylic acids is 1. The molecule has 0 radical (unpaired) electrons. The maximum Gasteiger partial charge on any atom is 0.407 e. The van der Waals surface area contributed by atoms with Gasteiger partial charge in [-0.15, -0.1) is 0 Å². The summed E-state index contributed by atoms with van der Waals surface area (Å²) < 4.78 is 5.41. The van der Waals surface area contributed by atoms with E-state index in [-0.39, 0.29) is 38.5 Å². The summed E-state index contributed by atoms with van der Waals surface area (Å²) >= 11 is 0. The second kappa shape index (κ2) is 8.77. The second-order valence-corrected chi connectivity index (χ2v) is 7.79. The van der Waals surface area contributed by atoms with Crippen LogP contribution in [-0.2, 0) is 14.3 Å². The Morgan fingerprint density at radius 1 is 1.03 bits per heavy atom. The standard InChI is InChI=1S/C23H24N2O6/c26-14-11-20(22(28)29)25(12-14)21(27)9-10-24-23(30)31-13-19-17-7-3-1-5-15(17)16-6-2-4-8-18(16)19/h1-8,14,19-20,26H,9-13H2,(H,24,30)(H,28,29)/t14-,20-/m0/s1. The molecule has 1 heterocycles. The van der Waals surface area contributed by atoms with Gasteiger partial charge in [0.2, 0.25) is 5.91 Å². The number of hydrogen-bond acceptors (Lipinski definition) is 5. The van der Waals surface area contributed by atoms with Gasteiger partial charge in [0.05, 0.1) is 6.10 Å². The van der Waals surface area contributed by atoms with Gasteiger partial charge < -0.3 is 25.2 Å². The number of likely N-dealkylation sites (tertiary alicyclic amines) is 1. The van der Waals surface area contributed by atoms with Gasteiger partial charge in [0.25, 0.3) is 0 Å². The van der Waals surface area contributed by atoms with Crippen LogP contribution in [0.25, 0.3) is 11.1 Å². The monoisotopic (exact) mass is 424 g/mol. The van der Waals surface area contributed by atoms with Crippen molar-refractivity contribution in [1.82, 2.24) is 10.2 Å². The third-order valence-electron chi connectivity index (χ3n) is 5.84. The minimum Gasteiger partial charge on any atom is -0.480 e. The molecule has 0 unspecified atom stereocenters. The van der Waals surface area contributed by atoms with Gasteiger partial charge >= 0.3 is 12.1 Å². The number of carboxylic acids is 1. The van der Waals surface area contributed by atoms with E-state index in [0.717, 1.165) is 27.2 Å². The van der Waals surface area contributed by atoms with Crippen molar-refractivity contribution >= 4 is 18.0 Å². The fourth-order valence-electron chi connectivity index (χ4n) is 4.39. The number of aliphatic hydroxyl groups excluding tert-OH is 1. The van der Waals surface area contributed by atoms with Crippen molar-refractivity contribution in [1.29, 1.82) is 0 Å². The molecule has 1 aliphatic carbocycles. The Labute approximate surface area is 179 Å². The predicted molar refractivity (Wildman–Crippen MR) is 111 cm³/mol. The van der Waals surface area contributed by atoms with E-state index in [1.165, 1.54) is 0 Å². The predicted octanol–water partition coefficient (Wildman–Crippen LogP) is 1.96. The van der Waals surface area contributed by atoms with Crippen LogP contribution in [0, 0.1) is 0 Å². The smallest absolute Gasteiger partial charge is 0.407 e. The zero-order valence-corrected chi connectivity index (χ0v) is 16.9. The SMILES string of the molecule is O=C(NCCC(=O)N1C[C@@H](O)C[C@H]1C(=O)O)OCC1c2ccccc2-c2ccccc21. The highest BCUT2D eigenvalue weighted by Gasteiger charge is 2.38. The van der Waals surface area contributed by atoms with Gasteiger partial charge in [0.1, 0.15) is 12.6 Å². The highest BCUT2D eigenvalue weighted by atomic mass is 16.5. The topological polar surface area (TPSA) is 116 Å². The van der Waals surface area contributed by atoms with E-state index in [4.69, 9.17) is 4.74 Å². The van der Waals surface area contributed by atoms with Crippen molar-refractivity contribution in [3.63, 3.8) is 0 Å². The number of β-amino-alcohol motifs (C(OH)–C–C–N with tert-alkyl or cyclic N) is 1. The van der Waals surface area contributed by atoms with E-state index >= 15 is 0 Å². The summed E-state index contributed by atoms with van der Waals surface area (Å²) in [6.45, 7) is 0.183. The van der Waals surface area contributed by atoms with Crippen LogP contribution >= 0.6 is 0 Å². The molecular formula is C23H24N2O6. The van der Waals surface area contributed by atoms with Gasteiger partial charge in [-0.05, 0) is 22.3 Å². The molecule has 0 aromatic heterocycles. The number of aliphatic hydroxyl groups is 1. The summed E-state index contributed by atoms with van der Waals surface area (Å²) in [6.07, 6.45) is -1.53. The molecule has 2 aromatic carbocycles. The molecule has 0 spiro atoms. The van der Waals surface area contributed by atoms with Crippen LogP contribution in [0.2, 0.25) is 0 Å². The van der Waals surface area contributed by atoms with Gasteiger partial charge in [-0.25, -0.2) is 9.59 Å². The van der Waals surface area contributed by atoms with E-state index in [0.29, 0.717) is 0 Å². The van der Waals surface area contributed by atoms with Crippen molar-refractivity contribution in [3.8, 4) is 11.1 Å². The van der Waals surface area contributed by atoms with Gasteiger partial charge in [0, 0.05) is 31.8 Å². The molecule has 4 rings (SSSR count). The molecular weight excluding hydrogens is 400 g/mol. The quantitative estimate of drug-likeness (QED) is 0.653. The molecule has 0 bridgehead atoms. The summed E-state index contributed by atoms with van der Waals surface area (Å²) in [5, 5.41) is 21.4. The molecule has 8 nitrogen and oxygen atoms in total. The van der Waals surface area contributed by atoms with E-state index in [9.17, 15) is 24.6 Å². The third kappa shape index (κ3) is 4.25. The first-order valence-corrected chi connectivity index (χ1v) is 10.2. The van der Waals surface area contributed by atoms with Crippen molar-refractivity contribution in [2.75, 3.05) is 19.7 Å². The summed E-state index contributed by atoms with van der Waals surface area (Å²) in [7, 11) is 0. The Kier molecular flexibility index (Phi) is 5.90. The first-order chi connectivity index (χ1) is 15.0. The minimum atomic E-state index is -1.14. The van der Waals surface area contributed by atoms with Crippen molar-refractivity contribution in [3.05, 3.63) is 59.7 Å². The Balaban J connectivity index is 1.29. The molecule has 162 valence electrons. The van der Waals surface area contributed by atoms with E-state index in [1.54, 1.807) is 0 Å². The number of alkyl carbamates (subject to hydrolysis) is 1. The number of carbonyl (C=O) groups is 3. The van der Waals surface area contributed by atoms with Crippen LogP contribution in [0.15, 0.2) is 48.5 Å². The average molecular weight is 424 g/mol. The lowest BCUT2D eigenvalue weighted by atomic mass is 9.98. The lowest BCUT2D eigenvalue weighted by Gasteiger charge is -2.21. The van der Waals surface area contributed by atoms with Crippen LogP contribution in [0.5, 0.6) is 0 Å². The Morgan fingerprint density at radius 3 is 2.26 bits per heavy atom. The molecule has 1 saturated heterocycles. The fourth-order valence-corrected chi connectivity index (χ4v) is 4.39. The Hall–Kier alpha value is -3.39. The Bertz CT molecular complexity index is 962. The van der Waals surface area contributed by atoms with Crippen LogP contribution < -0.4 is 5.32 Å². The number of amides is 2. The molecule has 2 aromatic rings. The van der Waals surface area contributed by atoms with Gasteiger partial charge in [-0.2, -0.15) is 0 Å². The Morgan fingerprint density at radius 2 is 1.65 bits per heavy atom. The largest absolute Gasteiger partial charge is 0.480 e. The lowest BCUT2D eigenvalue weighted by molar-refractivity contribution is -0.148. The first-order valence-electron chi connectivity index (χ1n) is 10.2. The molecule has 2 atom stereocenters. The zero-order chi connectivity index (χ0) is 22.0. The van der Waals surface area contributed by atoms with Gasteiger partial charge in [-0.1, -0.05) is 48.5 Å². The molecule has 8 heteroatoms. The summed E-state index contributed by atoms with van der Waals surface area (Å²) in [5.74, 6) is -1.63. The normalized spacial score (nSPS) is 19.6. The van der Waals surface area contributed by atoms with Crippen molar-refractivity contribution in [2.24, 2.45) is 0 Å². The molecule has 2 amide bonds. The van der Waals surface area contributed by atoms with E-state index in [2.05, 4.69) is 17.4 Å². The van der Waals surface area contributed by atoms with Crippen LogP contribution in [0.1, 0.15) is 29.9 Å². The summed E-state index contributed by atoms with van der Waals surface area (Å²) in [4.78, 5) is 36.8. The zero-order valence-electron chi connectivity index (χ0n) is 16.9. The van der Waals surface area contributed by atoms with Gasteiger partial charge in [-0.3, -0.25) is 4.79 Å². The highest BCUT2D eigenvalue weighted by Crippen LogP contribution is 2.44. The average Bonchev–Trinajstić information content (AvgIpc) is 3.31. The maximum atomic E-state index is 12.3. The van der Waals surface area contributed by atoms with Crippen molar-refractivity contribution < 1.29 is 29.3 Å². The minimum absolute atomic E-state index is 0.0132. The highest BCUT2D eigenvalue weighted by molar-refractivity contribution is 5.85. The van der Waals surface area contributed by atoms with Crippen molar-refractivity contribution in [2.45, 2.75) is 30.9 Å². The number of benzene rings is 2. The molecule has 31 heavy (non-hydrogen) atoms. The van der Waals surface area contributed by atoms with E-state index in [1.807, 2.05) is 36.4 Å². The van der Waals surface area contributed by atoms with Crippen LogP contribution in [0.3, 0.4) is 0 Å². The summed E-state index contributed by atoms with van der Waals surface area (Å²) in [5.41, 5.74) is 4.50. The number of fused-ring (bicyclic) bond motifs is 3. The third-order valence-corrected chi connectivity index (χ3v) is 5.84.